The molecule has 0 heterocycles. The van der Waals surface area contributed by atoms with Gasteiger partial charge < -0.3 is 5.11 Å². The van der Waals surface area contributed by atoms with Crippen LogP contribution in [0.1, 0.15) is 42.5 Å². The lowest BCUT2D eigenvalue weighted by Crippen LogP contribution is -2.46. The van der Waals surface area contributed by atoms with E-state index in [-0.39, 0.29) is 23.1 Å². The van der Waals surface area contributed by atoms with Crippen molar-refractivity contribution in [2.24, 2.45) is 11.8 Å². The van der Waals surface area contributed by atoms with Gasteiger partial charge in [-0.25, -0.2) is 10.9 Å². The monoisotopic (exact) mass is 262 g/mol. The van der Waals surface area contributed by atoms with Crippen LogP contribution in [-0.4, -0.2) is 21.9 Å². The molecule has 0 unspecified atom stereocenters. The lowest BCUT2D eigenvalue weighted by molar-refractivity contribution is -0.134. The van der Waals surface area contributed by atoms with Gasteiger partial charge in [-0.05, 0) is 25.0 Å². The molecule has 0 radical (unpaired) electrons. The first kappa shape index (κ1) is 13.5. The minimum atomic E-state index is -0.659. The van der Waals surface area contributed by atoms with Gasteiger partial charge in [-0.3, -0.25) is 9.59 Å². The number of amides is 2. The predicted molar refractivity (Wildman–Crippen MR) is 70.0 cm³/mol. The molecule has 5 nitrogen and oxygen atoms in total. The number of para-hydroxylation sites is 1. The van der Waals surface area contributed by atoms with E-state index in [1.807, 2.05) is 0 Å². The van der Waals surface area contributed by atoms with Gasteiger partial charge in [-0.1, -0.05) is 31.4 Å². The van der Waals surface area contributed by atoms with Crippen molar-refractivity contribution in [2.45, 2.75) is 32.1 Å². The van der Waals surface area contributed by atoms with Crippen molar-refractivity contribution in [1.29, 1.82) is 0 Å². The normalized spacial score (nSPS) is 16.1. The van der Waals surface area contributed by atoms with Crippen molar-refractivity contribution in [3.8, 4) is 5.75 Å². The molecule has 102 valence electrons. The molecule has 0 atom stereocenters. The highest BCUT2D eigenvalue weighted by Crippen LogP contribution is 2.26. The molecule has 19 heavy (non-hydrogen) atoms. The van der Waals surface area contributed by atoms with Crippen LogP contribution in [0.5, 0.6) is 5.75 Å². The lowest BCUT2D eigenvalue weighted by atomic mass is 9.88. The third kappa shape index (κ3) is 2.93. The molecule has 0 aromatic heterocycles. The number of carbonyl (C=O) groups excluding carboxylic acids is 2. The fourth-order valence-electron chi connectivity index (χ4n) is 2.43. The number of benzene rings is 1. The highest BCUT2D eigenvalue weighted by atomic mass is 16.3. The number of imide groups is 1. The van der Waals surface area contributed by atoms with E-state index in [4.69, 9.17) is 5.84 Å². The quantitative estimate of drug-likeness (QED) is 0.368. The van der Waals surface area contributed by atoms with Gasteiger partial charge in [0, 0.05) is 5.92 Å². The van der Waals surface area contributed by atoms with Crippen LogP contribution in [0.4, 0.5) is 0 Å². The Morgan fingerprint density at radius 3 is 2.42 bits per heavy atom. The molecule has 0 spiro atoms. The molecule has 3 N–H and O–H groups in total. The number of rotatable bonds is 2. The number of hydrogen-bond donors (Lipinski definition) is 2. The van der Waals surface area contributed by atoms with Gasteiger partial charge in [0.1, 0.15) is 5.75 Å². The zero-order valence-electron chi connectivity index (χ0n) is 10.7. The maximum Gasteiger partial charge on any atom is 0.278 e. The molecule has 0 bridgehead atoms. The van der Waals surface area contributed by atoms with Gasteiger partial charge in [0.05, 0.1) is 5.56 Å². The van der Waals surface area contributed by atoms with Crippen molar-refractivity contribution in [3.63, 3.8) is 0 Å². The average Bonchev–Trinajstić information content (AvgIpc) is 2.46. The molecule has 1 aliphatic carbocycles. The summed E-state index contributed by atoms with van der Waals surface area (Å²) in [5.41, 5.74) is 0.0501. The third-order valence-corrected chi connectivity index (χ3v) is 3.55. The number of nitrogens with zero attached hydrogens (tertiary/aromatic N) is 1. The Morgan fingerprint density at radius 2 is 1.79 bits per heavy atom. The largest absolute Gasteiger partial charge is 0.507 e. The minimum absolute atomic E-state index is 0.0501. The number of phenols is 1. The van der Waals surface area contributed by atoms with E-state index in [0.717, 1.165) is 32.1 Å². The predicted octanol–water partition coefficient (Wildman–Crippen LogP) is 1.81. The van der Waals surface area contributed by atoms with Crippen molar-refractivity contribution in [2.75, 3.05) is 0 Å². The molecule has 1 saturated carbocycles. The van der Waals surface area contributed by atoms with E-state index < -0.39 is 5.91 Å². The van der Waals surface area contributed by atoms with Crippen LogP contribution >= 0.6 is 0 Å². The van der Waals surface area contributed by atoms with Gasteiger partial charge in [0.15, 0.2) is 0 Å². The van der Waals surface area contributed by atoms with Crippen LogP contribution in [-0.2, 0) is 4.79 Å². The second kappa shape index (κ2) is 5.84. The van der Waals surface area contributed by atoms with Crippen LogP contribution < -0.4 is 5.84 Å². The number of hydrogen-bond acceptors (Lipinski definition) is 4. The second-order valence-corrected chi connectivity index (χ2v) is 4.87. The zero-order valence-corrected chi connectivity index (χ0v) is 10.7. The van der Waals surface area contributed by atoms with Crippen molar-refractivity contribution in [1.82, 2.24) is 5.01 Å². The number of nitrogens with two attached hydrogens (primary N) is 1. The van der Waals surface area contributed by atoms with Crippen molar-refractivity contribution >= 4 is 11.8 Å². The first-order chi connectivity index (χ1) is 9.11. The molecule has 2 rings (SSSR count). The first-order valence-electron chi connectivity index (χ1n) is 6.52. The maximum atomic E-state index is 12.1. The fraction of sp³-hybridized carbons (Fsp3) is 0.429. The van der Waals surface area contributed by atoms with Gasteiger partial charge in [-0.2, -0.15) is 0 Å². The third-order valence-electron chi connectivity index (χ3n) is 3.55. The molecule has 1 aromatic rings. The van der Waals surface area contributed by atoms with Gasteiger partial charge in [0.25, 0.3) is 5.91 Å². The molecule has 1 aliphatic rings. The Bertz CT molecular complexity index is 481. The van der Waals surface area contributed by atoms with E-state index in [0.29, 0.717) is 5.01 Å². The summed E-state index contributed by atoms with van der Waals surface area (Å²) in [6, 6.07) is 6.07. The summed E-state index contributed by atoms with van der Waals surface area (Å²) in [4.78, 5) is 24.2. The standard InChI is InChI=1S/C14H18N2O3/c15-16(13(18)10-6-2-1-3-7-10)14(19)11-8-4-5-9-12(11)17/h4-5,8-10,17H,1-3,6-7,15H2. The molecule has 2 amide bonds. The summed E-state index contributed by atoms with van der Waals surface area (Å²) >= 11 is 0. The Balaban J connectivity index is 2.10. The topological polar surface area (TPSA) is 83.6 Å². The van der Waals surface area contributed by atoms with Crippen LogP contribution in [0.25, 0.3) is 0 Å². The summed E-state index contributed by atoms with van der Waals surface area (Å²) in [7, 11) is 0. The average molecular weight is 262 g/mol. The Labute approximate surface area is 112 Å². The van der Waals surface area contributed by atoms with Crippen LogP contribution in [0, 0.1) is 5.92 Å². The summed E-state index contributed by atoms with van der Waals surface area (Å²) < 4.78 is 0. The molecule has 0 aliphatic heterocycles. The first-order valence-corrected chi connectivity index (χ1v) is 6.52. The Morgan fingerprint density at radius 1 is 1.16 bits per heavy atom. The van der Waals surface area contributed by atoms with E-state index >= 15 is 0 Å². The second-order valence-electron chi connectivity index (χ2n) is 4.87. The number of aromatic hydroxyl groups is 1. The Hall–Kier alpha value is -1.88. The number of carbonyl (C=O) groups is 2. The fourth-order valence-corrected chi connectivity index (χ4v) is 2.43. The summed E-state index contributed by atoms with van der Waals surface area (Å²) in [5.74, 6) is 4.26. The lowest BCUT2D eigenvalue weighted by Gasteiger charge is -2.24. The summed E-state index contributed by atoms with van der Waals surface area (Å²) in [6.45, 7) is 0. The van der Waals surface area contributed by atoms with Gasteiger partial charge in [0.2, 0.25) is 5.91 Å². The molecular formula is C14H18N2O3. The molecule has 5 heteroatoms. The Kier molecular flexibility index (Phi) is 4.16. The molecule has 1 aromatic carbocycles. The van der Waals surface area contributed by atoms with E-state index in [1.54, 1.807) is 12.1 Å². The van der Waals surface area contributed by atoms with Crippen LogP contribution in [0.3, 0.4) is 0 Å². The van der Waals surface area contributed by atoms with Crippen LogP contribution in [0.15, 0.2) is 24.3 Å². The maximum absolute atomic E-state index is 12.1. The highest BCUT2D eigenvalue weighted by molar-refractivity contribution is 6.06. The number of hydrazine groups is 1. The van der Waals surface area contributed by atoms with E-state index in [1.165, 1.54) is 12.1 Å². The zero-order chi connectivity index (χ0) is 13.8. The summed E-state index contributed by atoms with van der Waals surface area (Å²) in [6.07, 6.45) is 4.67. The highest BCUT2D eigenvalue weighted by Gasteiger charge is 2.29. The molecule has 0 saturated heterocycles. The van der Waals surface area contributed by atoms with Gasteiger partial charge in [-0.15, -0.1) is 0 Å². The van der Waals surface area contributed by atoms with Crippen molar-refractivity contribution in [3.05, 3.63) is 29.8 Å². The smallest absolute Gasteiger partial charge is 0.278 e. The van der Waals surface area contributed by atoms with Crippen molar-refractivity contribution < 1.29 is 14.7 Å². The molecule has 1 fully saturated rings. The van der Waals surface area contributed by atoms with E-state index in [2.05, 4.69) is 0 Å². The number of phenolic OH excluding ortho intramolecular Hbond substituents is 1. The minimum Gasteiger partial charge on any atom is -0.507 e. The van der Waals surface area contributed by atoms with E-state index in [9.17, 15) is 14.7 Å². The summed E-state index contributed by atoms with van der Waals surface area (Å²) in [5, 5.41) is 10.3. The van der Waals surface area contributed by atoms with Gasteiger partial charge >= 0.3 is 0 Å². The van der Waals surface area contributed by atoms with Crippen LogP contribution in [0.2, 0.25) is 0 Å². The molecular weight excluding hydrogens is 244 g/mol. The SMILES string of the molecule is NN(C(=O)c1ccccc1O)C(=O)C1CCCCC1.